The molecule has 3 N–H and O–H groups in total. The lowest BCUT2D eigenvalue weighted by Crippen LogP contribution is -2.33. The summed E-state index contributed by atoms with van der Waals surface area (Å²) in [6.07, 6.45) is 0.889. The van der Waals surface area contributed by atoms with Crippen molar-refractivity contribution >= 4 is 27.3 Å². The molecule has 1 fully saturated rings. The van der Waals surface area contributed by atoms with Gasteiger partial charge in [-0.2, -0.15) is 4.31 Å². The van der Waals surface area contributed by atoms with Crippen molar-refractivity contribution in [3.63, 3.8) is 0 Å². The molecule has 0 spiro atoms. The van der Waals surface area contributed by atoms with Crippen LogP contribution in [-0.2, 0) is 21.2 Å². The van der Waals surface area contributed by atoms with Crippen molar-refractivity contribution in [2.45, 2.75) is 17.1 Å². The summed E-state index contributed by atoms with van der Waals surface area (Å²) in [6.45, 7) is 1.41. The van der Waals surface area contributed by atoms with E-state index in [9.17, 15) is 13.2 Å². The molecule has 0 aliphatic carbocycles. The summed E-state index contributed by atoms with van der Waals surface area (Å²) in [7, 11) is -3.49. The van der Waals surface area contributed by atoms with Gasteiger partial charge >= 0.3 is 0 Å². The second kappa shape index (κ2) is 6.00. The maximum absolute atomic E-state index is 12.4. The number of nitrogens with one attached hydrogen (secondary N) is 1. The Bertz CT molecular complexity index is 553. The zero-order chi connectivity index (χ0) is 13.9. The Hall–Kier alpha value is -0.960. The molecular formula is C11H17N3O3S2. The lowest BCUT2D eigenvalue weighted by atomic mass is 10.3. The van der Waals surface area contributed by atoms with Crippen molar-refractivity contribution in [2.75, 3.05) is 26.2 Å². The fourth-order valence-electron chi connectivity index (χ4n) is 1.89. The molecule has 0 radical (unpaired) electrons. The Kier molecular flexibility index (Phi) is 4.56. The molecule has 1 aromatic rings. The predicted molar refractivity (Wildman–Crippen MR) is 73.5 cm³/mol. The molecule has 0 saturated carbocycles. The minimum atomic E-state index is -3.49. The summed E-state index contributed by atoms with van der Waals surface area (Å²) in [5, 5.41) is 2.67. The topological polar surface area (TPSA) is 92.5 Å². The van der Waals surface area contributed by atoms with Gasteiger partial charge in [0.1, 0.15) is 4.21 Å². The number of carbonyl (C=O) groups is 1. The molecule has 2 heterocycles. The van der Waals surface area contributed by atoms with Gasteiger partial charge in [0.25, 0.3) is 10.0 Å². The zero-order valence-corrected chi connectivity index (χ0v) is 12.1. The van der Waals surface area contributed by atoms with E-state index in [1.54, 1.807) is 12.1 Å². The van der Waals surface area contributed by atoms with Crippen LogP contribution >= 0.6 is 11.3 Å². The summed E-state index contributed by atoms with van der Waals surface area (Å²) in [5.41, 5.74) is 5.46. The monoisotopic (exact) mass is 303 g/mol. The first kappa shape index (κ1) is 14.4. The molecule has 0 unspecified atom stereocenters. The van der Waals surface area contributed by atoms with E-state index in [0.717, 1.165) is 4.88 Å². The smallest absolute Gasteiger partial charge is 0.252 e. The maximum Gasteiger partial charge on any atom is 0.252 e. The molecule has 1 aromatic heterocycles. The average Bonchev–Trinajstić information content (AvgIpc) is 2.72. The molecule has 2 rings (SSSR count). The van der Waals surface area contributed by atoms with Gasteiger partial charge in [0.2, 0.25) is 5.91 Å². The van der Waals surface area contributed by atoms with Gasteiger partial charge in [-0.3, -0.25) is 4.79 Å². The number of rotatable bonds is 4. The first-order chi connectivity index (χ1) is 9.04. The molecule has 1 aliphatic rings. The number of sulfonamides is 1. The number of hydrogen-bond donors (Lipinski definition) is 2. The van der Waals surface area contributed by atoms with Crippen LogP contribution in [0.4, 0.5) is 0 Å². The first-order valence-electron chi connectivity index (χ1n) is 6.09. The fraction of sp³-hybridized carbons (Fsp3) is 0.545. The van der Waals surface area contributed by atoms with E-state index in [1.807, 2.05) is 0 Å². The highest BCUT2D eigenvalue weighted by molar-refractivity contribution is 7.91. The fourth-order valence-corrected chi connectivity index (χ4v) is 4.85. The van der Waals surface area contributed by atoms with E-state index >= 15 is 0 Å². The average molecular weight is 303 g/mol. The van der Waals surface area contributed by atoms with Crippen LogP contribution in [0.15, 0.2) is 16.3 Å². The minimum Gasteiger partial charge on any atom is -0.355 e. The number of amides is 1. The molecule has 1 amide bonds. The van der Waals surface area contributed by atoms with E-state index < -0.39 is 10.0 Å². The van der Waals surface area contributed by atoms with Crippen LogP contribution in [0, 0.1) is 0 Å². The maximum atomic E-state index is 12.4. The third kappa shape index (κ3) is 3.33. The Balaban J connectivity index is 2.18. The first-order valence-corrected chi connectivity index (χ1v) is 8.35. The van der Waals surface area contributed by atoms with Gasteiger partial charge in [0.05, 0.1) is 0 Å². The van der Waals surface area contributed by atoms with Gasteiger partial charge in [-0.25, -0.2) is 8.42 Å². The number of carbonyl (C=O) groups excluding carboxylic acids is 1. The van der Waals surface area contributed by atoms with Crippen molar-refractivity contribution < 1.29 is 13.2 Å². The molecule has 1 saturated heterocycles. The number of thiophene rings is 1. The van der Waals surface area contributed by atoms with Crippen LogP contribution in [-0.4, -0.2) is 44.8 Å². The SMILES string of the molecule is NCCc1ccc(S(=O)(=O)N2CCNC(=O)CC2)s1. The molecule has 106 valence electrons. The van der Waals surface area contributed by atoms with Gasteiger partial charge in [0, 0.05) is 30.9 Å². The van der Waals surface area contributed by atoms with Crippen LogP contribution < -0.4 is 11.1 Å². The Morgan fingerprint density at radius 1 is 1.37 bits per heavy atom. The minimum absolute atomic E-state index is 0.104. The van der Waals surface area contributed by atoms with Crippen LogP contribution in [0.5, 0.6) is 0 Å². The summed E-state index contributed by atoms with van der Waals surface area (Å²) >= 11 is 1.25. The number of nitrogens with two attached hydrogens (primary N) is 1. The van der Waals surface area contributed by atoms with Crippen molar-refractivity contribution in [1.82, 2.24) is 9.62 Å². The summed E-state index contributed by atoms with van der Waals surface area (Å²) in [6, 6.07) is 3.41. The van der Waals surface area contributed by atoms with E-state index in [0.29, 0.717) is 30.3 Å². The molecule has 1 aliphatic heterocycles. The summed E-state index contributed by atoms with van der Waals surface area (Å²) in [4.78, 5) is 12.2. The van der Waals surface area contributed by atoms with Gasteiger partial charge in [-0.1, -0.05) is 0 Å². The highest BCUT2D eigenvalue weighted by Crippen LogP contribution is 2.25. The Morgan fingerprint density at radius 2 is 2.16 bits per heavy atom. The van der Waals surface area contributed by atoms with Crippen LogP contribution in [0.1, 0.15) is 11.3 Å². The molecule has 0 aromatic carbocycles. The van der Waals surface area contributed by atoms with Gasteiger partial charge in [-0.15, -0.1) is 11.3 Å². The number of nitrogens with zero attached hydrogens (tertiary/aromatic N) is 1. The molecule has 8 heteroatoms. The van der Waals surface area contributed by atoms with Crippen LogP contribution in [0.3, 0.4) is 0 Å². The molecule has 6 nitrogen and oxygen atoms in total. The van der Waals surface area contributed by atoms with E-state index in [2.05, 4.69) is 5.32 Å². The standard InChI is InChI=1S/C11H17N3O3S2/c12-5-3-9-1-2-11(18-9)19(16,17)14-7-4-10(15)13-6-8-14/h1-2H,3-8,12H2,(H,13,15). The van der Waals surface area contributed by atoms with E-state index in [4.69, 9.17) is 5.73 Å². The largest absolute Gasteiger partial charge is 0.355 e. The van der Waals surface area contributed by atoms with Crippen LogP contribution in [0.25, 0.3) is 0 Å². The highest BCUT2D eigenvalue weighted by atomic mass is 32.2. The highest BCUT2D eigenvalue weighted by Gasteiger charge is 2.27. The van der Waals surface area contributed by atoms with E-state index in [1.165, 1.54) is 15.6 Å². The molecule has 0 atom stereocenters. The van der Waals surface area contributed by atoms with Crippen molar-refractivity contribution in [3.05, 3.63) is 17.0 Å². The lowest BCUT2D eigenvalue weighted by molar-refractivity contribution is -0.120. The van der Waals surface area contributed by atoms with Crippen molar-refractivity contribution in [3.8, 4) is 0 Å². The van der Waals surface area contributed by atoms with Crippen molar-refractivity contribution in [1.29, 1.82) is 0 Å². The summed E-state index contributed by atoms with van der Waals surface area (Å²) in [5.74, 6) is -0.104. The van der Waals surface area contributed by atoms with Crippen LogP contribution in [0.2, 0.25) is 0 Å². The zero-order valence-electron chi connectivity index (χ0n) is 10.5. The normalized spacial score (nSPS) is 18.1. The van der Waals surface area contributed by atoms with Gasteiger partial charge in [0.15, 0.2) is 0 Å². The Labute approximate surface area is 116 Å². The molecule has 19 heavy (non-hydrogen) atoms. The number of hydrogen-bond acceptors (Lipinski definition) is 5. The predicted octanol–water partition coefficient (Wildman–Crippen LogP) is -0.240. The second-order valence-electron chi connectivity index (χ2n) is 4.26. The summed E-state index contributed by atoms with van der Waals surface area (Å²) < 4.78 is 26.5. The van der Waals surface area contributed by atoms with Crippen molar-refractivity contribution in [2.24, 2.45) is 5.73 Å². The molecule has 0 bridgehead atoms. The van der Waals surface area contributed by atoms with E-state index in [-0.39, 0.29) is 18.9 Å². The molecular weight excluding hydrogens is 286 g/mol. The Morgan fingerprint density at radius 3 is 2.89 bits per heavy atom. The third-order valence-corrected chi connectivity index (χ3v) is 6.40. The lowest BCUT2D eigenvalue weighted by Gasteiger charge is -2.17. The van der Waals surface area contributed by atoms with Gasteiger partial charge in [-0.05, 0) is 25.1 Å². The quantitative estimate of drug-likeness (QED) is 0.803. The third-order valence-electron chi connectivity index (χ3n) is 2.89. The second-order valence-corrected chi connectivity index (χ2v) is 7.60. The van der Waals surface area contributed by atoms with Gasteiger partial charge < -0.3 is 11.1 Å².